The largest absolute Gasteiger partial charge is 0.315 e. The highest BCUT2D eigenvalue weighted by Crippen LogP contribution is 1.69. The molecule has 0 aliphatic rings. The van der Waals surface area contributed by atoms with Gasteiger partial charge >= 0.3 is 0 Å². The van der Waals surface area contributed by atoms with Crippen molar-refractivity contribution in [1.29, 1.82) is 0 Å². The maximum atomic E-state index is 4.73. The Morgan fingerprint density at radius 2 is 2.25 bits per heavy atom. The van der Waals surface area contributed by atoms with Crippen molar-refractivity contribution in [3.05, 3.63) is 30.9 Å². The molecule has 8 heavy (non-hydrogen) atoms. The van der Waals surface area contributed by atoms with Gasteiger partial charge in [0.15, 0.2) is 0 Å². The Morgan fingerprint density at radius 1 is 1.50 bits per heavy atom. The van der Waals surface area contributed by atoms with Gasteiger partial charge in [0.25, 0.3) is 0 Å². The van der Waals surface area contributed by atoms with Crippen molar-refractivity contribution in [3.63, 3.8) is 0 Å². The summed E-state index contributed by atoms with van der Waals surface area (Å²) in [5.41, 5.74) is 0. The number of nitrogens with two attached hydrogens (primary N) is 1. The molecule has 2 heteroatoms. The summed E-state index contributed by atoms with van der Waals surface area (Å²) in [4.78, 5) is 0. The SMILES string of the molecule is C=CC=CC=C=NN. The van der Waals surface area contributed by atoms with Crippen molar-refractivity contribution >= 4 is 5.87 Å². The molecule has 0 fully saturated rings. The van der Waals surface area contributed by atoms with Crippen LogP contribution in [0.4, 0.5) is 0 Å². The van der Waals surface area contributed by atoms with E-state index in [9.17, 15) is 0 Å². The number of hydrogen-bond donors (Lipinski definition) is 1. The standard InChI is InChI=1S/C6H8N2/c1-2-3-4-5-6-8-7/h2-5H,1,7H2. The molecule has 0 aromatic heterocycles. The van der Waals surface area contributed by atoms with Gasteiger partial charge in [-0.05, 0) is 0 Å². The zero-order valence-electron chi connectivity index (χ0n) is 4.54. The van der Waals surface area contributed by atoms with Crippen LogP contribution in [0.1, 0.15) is 0 Å². The molecule has 0 saturated carbocycles. The van der Waals surface area contributed by atoms with Crippen molar-refractivity contribution in [1.82, 2.24) is 0 Å². The zero-order chi connectivity index (χ0) is 6.24. The minimum absolute atomic E-state index is 1.60. The first kappa shape index (κ1) is 6.73. The second kappa shape index (κ2) is 5.73. The molecule has 0 aliphatic carbocycles. The lowest BCUT2D eigenvalue weighted by molar-refractivity contribution is 1.27. The first-order valence-corrected chi connectivity index (χ1v) is 2.18. The Morgan fingerprint density at radius 3 is 2.75 bits per heavy atom. The van der Waals surface area contributed by atoms with E-state index < -0.39 is 0 Å². The van der Waals surface area contributed by atoms with Crippen LogP contribution < -0.4 is 5.84 Å². The average molecular weight is 108 g/mol. The van der Waals surface area contributed by atoms with E-state index in [4.69, 9.17) is 5.84 Å². The van der Waals surface area contributed by atoms with Crippen LogP contribution in [0.3, 0.4) is 0 Å². The lowest BCUT2D eigenvalue weighted by Gasteiger charge is -1.63. The molecule has 0 spiro atoms. The van der Waals surface area contributed by atoms with Gasteiger partial charge in [0.1, 0.15) is 0 Å². The van der Waals surface area contributed by atoms with Crippen molar-refractivity contribution in [2.24, 2.45) is 10.9 Å². The third kappa shape index (κ3) is 4.73. The van der Waals surface area contributed by atoms with E-state index in [1.54, 1.807) is 24.3 Å². The lowest BCUT2D eigenvalue weighted by Crippen LogP contribution is -1.72. The van der Waals surface area contributed by atoms with Gasteiger partial charge in [-0.3, -0.25) is 0 Å². The summed E-state index contributed by atoms with van der Waals surface area (Å²) in [7, 11) is 0. The second-order valence-corrected chi connectivity index (χ2v) is 1.05. The number of rotatable bonds is 2. The summed E-state index contributed by atoms with van der Waals surface area (Å²) in [6, 6.07) is 0. The summed E-state index contributed by atoms with van der Waals surface area (Å²) in [5.74, 6) is 7.16. The summed E-state index contributed by atoms with van der Waals surface area (Å²) in [6.07, 6.45) is 6.76. The molecule has 0 radical (unpaired) electrons. The summed E-state index contributed by atoms with van der Waals surface area (Å²) >= 11 is 0. The zero-order valence-corrected chi connectivity index (χ0v) is 4.54. The Kier molecular flexibility index (Phi) is 4.82. The molecule has 0 amide bonds. The molecule has 0 rings (SSSR count). The quantitative estimate of drug-likeness (QED) is 0.242. The first-order valence-electron chi connectivity index (χ1n) is 2.18. The highest BCUT2D eigenvalue weighted by Gasteiger charge is 1.53. The van der Waals surface area contributed by atoms with E-state index in [1.807, 2.05) is 0 Å². The predicted molar refractivity (Wildman–Crippen MR) is 35.5 cm³/mol. The van der Waals surface area contributed by atoms with E-state index in [0.717, 1.165) is 0 Å². The van der Waals surface area contributed by atoms with Crippen LogP contribution in [0.15, 0.2) is 36.0 Å². The fraction of sp³-hybridized carbons (Fsp3) is 0. The highest BCUT2D eigenvalue weighted by molar-refractivity contribution is 5.54. The van der Waals surface area contributed by atoms with E-state index >= 15 is 0 Å². The van der Waals surface area contributed by atoms with Gasteiger partial charge in [0.05, 0.1) is 0 Å². The third-order valence-electron chi connectivity index (χ3n) is 0.492. The molecule has 0 saturated heterocycles. The Bertz CT molecular complexity index is 139. The summed E-state index contributed by atoms with van der Waals surface area (Å²) < 4.78 is 0. The lowest BCUT2D eigenvalue weighted by atomic mass is 10.5. The van der Waals surface area contributed by atoms with Gasteiger partial charge < -0.3 is 5.84 Å². The first-order chi connectivity index (χ1) is 3.91. The van der Waals surface area contributed by atoms with Crippen LogP contribution in [0, 0.1) is 0 Å². The summed E-state index contributed by atoms with van der Waals surface area (Å²) in [5, 5.41) is 3.12. The number of allylic oxidation sites excluding steroid dienone is 4. The number of hydrazone groups is 1. The fourth-order valence-corrected chi connectivity index (χ4v) is 0.220. The van der Waals surface area contributed by atoms with Crippen LogP contribution in [0.2, 0.25) is 0 Å². The molecule has 0 aromatic rings. The normalized spacial score (nSPS) is 8.00. The molecule has 0 atom stereocenters. The molecule has 2 N–H and O–H groups in total. The maximum absolute atomic E-state index is 4.73. The monoisotopic (exact) mass is 108 g/mol. The molecule has 2 nitrogen and oxygen atoms in total. The molecule has 0 unspecified atom stereocenters. The predicted octanol–water partition coefficient (Wildman–Crippen LogP) is 0.828. The van der Waals surface area contributed by atoms with Crippen molar-refractivity contribution in [2.45, 2.75) is 0 Å². The Hall–Kier alpha value is -1.27. The van der Waals surface area contributed by atoms with Gasteiger partial charge in [-0.2, -0.15) is 0 Å². The maximum Gasteiger partial charge on any atom is 0.00764 e. The van der Waals surface area contributed by atoms with E-state index in [0.29, 0.717) is 0 Å². The molecule has 42 valence electrons. The van der Waals surface area contributed by atoms with Crippen molar-refractivity contribution in [2.75, 3.05) is 0 Å². The second-order valence-electron chi connectivity index (χ2n) is 1.05. The molecule has 0 aliphatic heterocycles. The van der Waals surface area contributed by atoms with Gasteiger partial charge in [0.2, 0.25) is 0 Å². The third-order valence-corrected chi connectivity index (χ3v) is 0.492. The van der Waals surface area contributed by atoms with Crippen molar-refractivity contribution in [3.8, 4) is 0 Å². The van der Waals surface area contributed by atoms with E-state index in [2.05, 4.69) is 17.6 Å². The molecular weight excluding hydrogens is 100 g/mol. The van der Waals surface area contributed by atoms with Crippen LogP contribution in [0.25, 0.3) is 0 Å². The van der Waals surface area contributed by atoms with E-state index in [-0.39, 0.29) is 0 Å². The Balaban J connectivity index is 3.58. The van der Waals surface area contributed by atoms with Crippen LogP contribution in [-0.4, -0.2) is 5.87 Å². The topological polar surface area (TPSA) is 38.4 Å². The van der Waals surface area contributed by atoms with Gasteiger partial charge in [0, 0.05) is 11.9 Å². The highest BCUT2D eigenvalue weighted by atomic mass is 15.1. The number of hydrogen-bond acceptors (Lipinski definition) is 2. The molecule has 0 heterocycles. The smallest absolute Gasteiger partial charge is 0.00764 e. The Labute approximate surface area is 48.7 Å². The average Bonchev–Trinajstić information content (AvgIpc) is 1.81. The van der Waals surface area contributed by atoms with Crippen LogP contribution >= 0.6 is 0 Å². The van der Waals surface area contributed by atoms with Crippen LogP contribution in [0.5, 0.6) is 0 Å². The molecule has 0 bridgehead atoms. The minimum Gasteiger partial charge on any atom is -0.315 e. The van der Waals surface area contributed by atoms with Gasteiger partial charge in [-0.1, -0.05) is 24.8 Å². The van der Waals surface area contributed by atoms with Crippen molar-refractivity contribution < 1.29 is 0 Å². The fourth-order valence-electron chi connectivity index (χ4n) is 0.220. The molecule has 0 aromatic carbocycles. The number of nitrogens with zero attached hydrogens (tertiary/aromatic N) is 1. The van der Waals surface area contributed by atoms with Gasteiger partial charge in [-0.15, -0.1) is 5.10 Å². The van der Waals surface area contributed by atoms with E-state index in [1.165, 1.54) is 0 Å². The molecular formula is C6H8N2. The minimum atomic E-state index is 1.60. The van der Waals surface area contributed by atoms with Crippen LogP contribution in [-0.2, 0) is 0 Å². The summed E-state index contributed by atoms with van der Waals surface area (Å²) in [6.45, 7) is 3.46. The van der Waals surface area contributed by atoms with Gasteiger partial charge in [-0.25, -0.2) is 0 Å².